The van der Waals surface area contributed by atoms with Crippen LogP contribution in [0.1, 0.15) is 24.0 Å². The molecule has 2 aromatic carbocycles. The van der Waals surface area contributed by atoms with E-state index in [9.17, 15) is 0 Å². The summed E-state index contributed by atoms with van der Waals surface area (Å²) < 4.78 is 16.4. The number of rotatable bonds is 11. The van der Waals surface area contributed by atoms with Crippen LogP contribution in [0.25, 0.3) is 0 Å². The van der Waals surface area contributed by atoms with E-state index >= 15 is 0 Å². The van der Waals surface area contributed by atoms with Crippen molar-refractivity contribution in [2.75, 3.05) is 47.0 Å². The number of benzene rings is 2. The molecule has 0 atom stereocenters. The fourth-order valence-corrected chi connectivity index (χ4v) is 3.60. The van der Waals surface area contributed by atoms with Crippen molar-refractivity contribution in [2.45, 2.75) is 25.8 Å². The van der Waals surface area contributed by atoms with Gasteiger partial charge < -0.3 is 25.3 Å². The van der Waals surface area contributed by atoms with Crippen LogP contribution in [0.15, 0.2) is 47.5 Å². The van der Waals surface area contributed by atoms with Gasteiger partial charge in [-0.25, -0.2) is 4.99 Å². The highest BCUT2D eigenvalue weighted by molar-refractivity contribution is 14.0. The molecule has 0 amide bonds. The van der Waals surface area contributed by atoms with Crippen molar-refractivity contribution in [3.8, 4) is 17.2 Å². The predicted molar refractivity (Wildman–Crippen MR) is 140 cm³/mol. The van der Waals surface area contributed by atoms with E-state index in [4.69, 9.17) is 19.9 Å². The van der Waals surface area contributed by atoms with Crippen molar-refractivity contribution >= 4 is 29.9 Å². The number of likely N-dealkylation sites (tertiary alicyclic amines) is 1. The Morgan fingerprint density at radius 2 is 1.69 bits per heavy atom. The summed E-state index contributed by atoms with van der Waals surface area (Å²) in [5, 5.41) is 3.17. The summed E-state index contributed by atoms with van der Waals surface area (Å²) in [7, 11) is 3.24. The smallest absolute Gasteiger partial charge is 0.188 e. The molecule has 32 heavy (non-hydrogen) atoms. The maximum Gasteiger partial charge on any atom is 0.188 e. The van der Waals surface area contributed by atoms with Crippen molar-refractivity contribution in [1.82, 2.24) is 10.2 Å². The molecule has 0 aromatic heterocycles. The van der Waals surface area contributed by atoms with Crippen LogP contribution >= 0.6 is 24.0 Å². The minimum Gasteiger partial charge on any atom is -0.493 e. The number of guanidine groups is 1. The van der Waals surface area contributed by atoms with Gasteiger partial charge in [-0.3, -0.25) is 4.90 Å². The summed E-state index contributed by atoms with van der Waals surface area (Å²) in [5.41, 5.74) is 8.23. The molecule has 8 heteroatoms. The zero-order chi connectivity index (χ0) is 21.9. The van der Waals surface area contributed by atoms with E-state index in [1.165, 1.54) is 31.5 Å². The Morgan fingerprint density at radius 3 is 2.38 bits per heavy atom. The van der Waals surface area contributed by atoms with E-state index in [0.29, 0.717) is 24.0 Å². The average Bonchev–Trinajstić information content (AvgIpc) is 3.32. The van der Waals surface area contributed by atoms with E-state index in [0.717, 1.165) is 37.4 Å². The van der Waals surface area contributed by atoms with E-state index in [1.807, 2.05) is 30.3 Å². The zero-order valence-electron chi connectivity index (χ0n) is 19.0. The number of nitrogens with zero attached hydrogens (tertiary/aromatic N) is 2. The van der Waals surface area contributed by atoms with E-state index in [-0.39, 0.29) is 24.0 Å². The number of aliphatic imine (C=N–C) groups is 1. The molecule has 1 heterocycles. The molecule has 0 bridgehead atoms. The quantitative estimate of drug-likeness (QED) is 0.252. The summed E-state index contributed by atoms with van der Waals surface area (Å²) in [6.07, 6.45) is 3.49. The minimum atomic E-state index is 0. The number of nitrogens with two attached hydrogens (primary N) is 1. The van der Waals surface area contributed by atoms with Gasteiger partial charge in [0.2, 0.25) is 0 Å². The van der Waals surface area contributed by atoms with Gasteiger partial charge in [-0.1, -0.05) is 18.2 Å². The van der Waals surface area contributed by atoms with Gasteiger partial charge in [-0.2, -0.15) is 0 Å². The van der Waals surface area contributed by atoms with Crippen LogP contribution in [0.5, 0.6) is 17.2 Å². The molecular weight excluding hydrogens is 519 g/mol. The second-order valence-electron chi connectivity index (χ2n) is 7.61. The fourth-order valence-electron chi connectivity index (χ4n) is 3.60. The van der Waals surface area contributed by atoms with Crippen molar-refractivity contribution < 1.29 is 14.2 Å². The topological polar surface area (TPSA) is 81.3 Å². The molecule has 176 valence electrons. The Balaban J connectivity index is 0.00000363. The molecule has 0 saturated carbocycles. The van der Waals surface area contributed by atoms with Gasteiger partial charge in [0.25, 0.3) is 0 Å². The third kappa shape index (κ3) is 8.38. The third-order valence-corrected chi connectivity index (χ3v) is 5.40. The molecule has 0 spiro atoms. The van der Waals surface area contributed by atoms with Crippen LogP contribution in [0.4, 0.5) is 0 Å². The van der Waals surface area contributed by atoms with Crippen molar-refractivity contribution in [3.63, 3.8) is 0 Å². The number of ether oxygens (including phenoxy) is 3. The third-order valence-electron chi connectivity index (χ3n) is 5.40. The molecule has 3 N–H and O–H groups in total. The number of hydrogen-bond acceptors (Lipinski definition) is 5. The van der Waals surface area contributed by atoms with Gasteiger partial charge in [0.05, 0.1) is 20.8 Å². The largest absolute Gasteiger partial charge is 0.493 e. The van der Waals surface area contributed by atoms with Gasteiger partial charge in [0.15, 0.2) is 17.5 Å². The molecule has 1 aliphatic heterocycles. The van der Waals surface area contributed by atoms with Gasteiger partial charge >= 0.3 is 0 Å². The molecule has 1 aliphatic rings. The first kappa shape index (κ1) is 26.1. The first-order valence-corrected chi connectivity index (χ1v) is 10.9. The summed E-state index contributed by atoms with van der Waals surface area (Å²) >= 11 is 0. The first-order valence-electron chi connectivity index (χ1n) is 10.9. The van der Waals surface area contributed by atoms with Gasteiger partial charge in [-0.15, -0.1) is 24.0 Å². The predicted octanol–water partition coefficient (Wildman–Crippen LogP) is 3.44. The number of methoxy groups -OCH3 is 2. The van der Waals surface area contributed by atoms with Crippen molar-refractivity contribution in [2.24, 2.45) is 10.7 Å². The van der Waals surface area contributed by atoms with E-state index in [2.05, 4.69) is 27.3 Å². The molecule has 1 fully saturated rings. The SMILES string of the molecule is COc1ccc(CN=C(N)NCCc2ccc(OCCN3CCCC3)cc2)cc1OC.I. The maximum absolute atomic E-state index is 6.00. The monoisotopic (exact) mass is 554 g/mol. The Kier molecular flexibility index (Phi) is 11.4. The molecule has 0 aliphatic carbocycles. The molecule has 7 nitrogen and oxygen atoms in total. The molecular formula is C24H35IN4O3. The van der Waals surface area contributed by atoms with Crippen LogP contribution in [-0.4, -0.2) is 57.9 Å². The lowest BCUT2D eigenvalue weighted by Crippen LogP contribution is -2.33. The minimum absolute atomic E-state index is 0. The van der Waals surface area contributed by atoms with Crippen LogP contribution in [-0.2, 0) is 13.0 Å². The Labute approximate surface area is 208 Å². The van der Waals surface area contributed by atoms with Crippen molar-refractivity contribution in [1.29, 1.82) is 0 Å². The number of halogens is 1. The zero-order valence-corrected chi connectivity index (χ0v) is 21.3. The first-order chi connectivity index (χ1) is 15.2. The van der Waals surface area contributed by atoms with E-state index in [1.54, 1.807) is 14.2 Å². The van der Waals surface area contributed by atoms with Crippen LogP contribution in [0.3, 0.4) is 0 Å². The summed E-state index contributed by atoms with van der Waals surface area (Å²) in [6.45, 7) is 5.35. The highest BCUT2D eigenvalue weighted by Gasteiger charge is 2.10. The van der Waals surface area contributed by atoms with Crippen LogP contribution in [0.2, 0.25) is 0 Å². The van der Waals surface area contributed by atoms with Crippen molar-refractivity contribution in [3.05, 3.63) is 53.6 Å². The van der Waals surface area contributed by atoms with Crippen LogP contribution < -0.4 is 25.3 Å². The number of hydrogen-bond donors (Lipinski definition) is 2. The normalized spacial score (nSPS) is 14.0. The second-order valence-corrected chi connectivity index (χ2v) is 7.61. The number of nitrogens with one attached hydrogen (secondary N) is 1. The summed E-state index contributed by atoms with van der Waals surface area (Å²) in [4.78, 5) is 6.86. The molecule has 1 saturated heterocycles. The molecule has 0 radical (unpaired) electrons. The Morgan fingerprint density at radius 1 is 1.00 bits per heavy atom. The molecule has 3 rings (SSSR count). The lowest BCUT2D eigenvalue weighted by Gasteiger charge is -2.15. The van der Waals surface area contributed by atoms with Gasteiger partial charge in [0, 0.05) is 13.1 Å². The molecule has 2 aromatic rings. The second kappa shape index (κ2) is 14.1. The van der Waals surface area contributed by atoms with E-state index < -0.39 is 0 Å². The average molecular weight is 554 g/mol. The van der Waals surface area contributed by atoms with Gasteiger partial charge in [-0.05, 0) is 67.7 Å². The Hall–Kier alpha value is -2.20. The fraction of sp³-hybridized carbons (Fsp3) is 0.458. The lowest BCUT2D eigenvalue weighted by molar-refractivity contribution is 0.238. The lowest BCUT2D eigenvalue weighted by atomic mass is 10.1. The highest BCUT2D eigenvalue weighted by atomic mass is 127. The van der Waals surface area contributed by atoms with Crippen LogP contribution in [0, 0.1) is 0 Å². The van der Waals surface area contributed by atoms with Gasteiger partial charge in [0.1, 0.15) is 12.4 Å². The highest BCUT2D eigenvalue weighted by Crippen LogP contribution is 2.27. The maximum atomic E-state index is 6.00. The Bertz CT molecular complexity index is 840. The summed E-state index contributed by atoms with van der Waals surface area (Å²) in [6, 6.07) is 14.0. The standard InChI is InChI=1S/C24H34N4O3.HI/c1-29-22-10-7-20(17-23(22)30-2)18-27-24(25)26-12-11-19-5-8-21(9-6-19)31-16-15-28-13-3-4-14-28;/h5-10,17H,3-4,11-16,18H2,1-2H3,(H3,25,26,27);1H. The summed E-state index contributed by atoms with van der Waals surface area (Å²) in [5.74, 6) is 2.73. The molecule has 0 unspecified atom stereocenters.